The summed E-state index contributed by atoms with van der Waals surface area (Å²) < 4.78 is 18.5. The van der Waals surface area contributed by atoms with Crippen LogP contribution in [0.2, 0.25) is 0 Å². The molecule has 2 spiro atoms. The van der Waals surface area contributed by atoms with Gasteiger partial charge in [-0.3, -0.25) is 4.79 Å². The summed E-state index contributed by atoms with van der Waals surface area (Å²) in [6.45, 7) is 7.21. The van der Waals surface area contributed by atoms with Gasteiger partial charge in [-0.25, -0.2) is 0 Å². The van der Waals surface area contributed by atoms with Crippen molar-refractivity contribution in [3.8, 4) is 0 Å². The molecule has 0 N–H and O–H groups in total. The Morgan fingerprint density at radius 1 is 1.21 bits per heavy atom. The number of carbonyl (C=O) groups is 1. The largest absolute Gasteiger partial charge is 0.448 e. The number of fused-ring (bicyclic) bond motifs is 2. The minimum absolute atomic E-state index is 0.0708. The summed E-state index contributed by atoms with van der Waals surface area (Å²) in [5.41, 5.74) is 1.60. The SMILES string of the molecule is CCCO[C@H]1CC2(C[C@H]1C)OC(N1CCC3(CC1)OCc1ccccc13)=NC2=O. The van der Waals surface area contributed by atoms with Gasteiger partial charge in [0, 0.05) is 32.5 Å². The molecule has 3 heterocycles. The molecule has 1 saturated carbocycles. The maximum Gasteiger partial charge on any atom is 0.296 e. The van der Waals surface area contributed by atoms with Crippen LogP contribution in [0.4, 0.5) is 0 Å². The van der Waals surface area contributed by atoms with Crippen LogP contribution in [0.15, 0.2) is 29.3 Å². The van der Waals surface area contributed by atoms with Crippen LogP contribution in [-0.2, 0) is 31.2 Å². The van der Waals surface area contributed by atoms with E-state index in [9.17, 15) is 4.79 Å². The molecule has 1 amide bonds. The van der Waals surface area contributed by atoms with Crippen molar-refractivity contribution in [2.24, 2.45) is 10.9 Å². The van der Waals surface area contributed by atoms with Crippen LogP contribution in [0, 0.1) is 5.92 Å². The number of nitrogens with zero attached hydrogens (tertiary/aromatic N) is 2. The molecule has 5 rings (SSSR count). The van der Waals surface area contributed by atoms with Crippen LogP contribution in [0.25, 0.3) is 0 Å². The van der Waals surface area contributed by atoms with Crippen molar-refractivity contribution in [2.75, 3.05) is 19.7 Å². The summed E-state index contributed by atoms with van der Waals surface area (Å²) >= 11 is 0. The maximum atomic E-state index is 12.8. The number of ether oxygens (including phenoxy) is 3. The third kappa shape index (κ3) is 3.08. The van der Waals surface area contributed by atoms with Crippen LogP contribution >= 0.6 is 0 Å². The van der Waals surface area contributed by atoms with Gasteiger partial charge in [-0.2, -0.15) is 4.99 Å². The van der Waals surface area contributed by atoms with E-state index in [0.717, 1.165) is 39.0 Å². The first kappa shape index (κ1) is 19.1. The number of likely N-dealkylation sites (tertiary alicyclic amines) is 1. The molecular weight excluding hydrogens is 368 g/mol. The molecule has 3 aliphatic heterocycles. The Labute approximate surface area is 172 Å². The zero-order valence-corrected chi connectivity index (χ0v) is 17.4. The van der Waals surface area contributed by atoms with Gasteiger partial charge in [0.15, 0.2) is 5.60 Å². The van der Waals surface area contributed by atoms with Crippen LogP contribution in [0.5, 0.6) is 0 Å². The number of rotatable bonds is 3. The van der Waals surface area contributed by atoms with Crippen LogP contribution in [-0.4, -0.2) is 48.2 Å². The van der Waals surface area contributed by atoms with Crippen molar-refractivity contribution < 1.29 is 19.0 Å². The van der Waals surface area contributed by atoms with E-state index in [4.69, 9.17) is 14.2 Å². The number of amides is 1. The summed E-state index contributed by atoms with van der Waals surface area (Å²) in [6, 6.07) is 9.01. The second-order valence-electron chi connectivity index (χ2n) is 9.02. The third-order valence-electron chi connectivity index (χ3n) is 7.08. The fourth-order valence-corrected chi connectivity index (χ4v) is 5.43. The van der Waals surface area contributed by atoms with Crippen molar-refractivity contribution in [3.05, 3.63) is 35.4 Å². The molecule has 1 saturated heterocycles. The average molecular weight is 399 g/mol. The third-order valence-corrected chi connectivity index (χ3v) is 7.08. The van der Waals surface area contributed by atoms with E-state index in [1.807, 2.05) is 0 Å². The summed E-state index contributed by atoms with van der Waals surface area (Å²) in [4.78, 5) is 19.3. The summed E-state index contributed by atoms with van der Waals surface area (Å²) in [7, 11) is 0. The van der Waals surface area contributed by atoms with Crippen LogP contribution in [0.1, 0.15) is 57.1 Å². The van der Waals surface area contributed by atoms with E-state index in [-0.39, 0.29) is 17.6 Å². The fraction of sp³-hybridized carbons (Fsp3) is 0.652. The number of hydrogen-bond acceptors (Lipinski definition) is 5. The normalized spacial score (nSPS) is 32.7. The second-order valence-corrected chi connectivity index (χ2v) is 9.02. The molecule has 0 radical (unpaired) electrons. The standard InChI is InChI=1S/C23H30N2O4/c1-3-12-27-19-14-23(13-16(19)2)20(26)24-21(29-23)25-10-8-22(9-11-25)18-7-5-4-6-17(18)15-28-22/h4-7,16,19H,3,8-15H2,1-2H3/t16-,19+,23?/m1/s1. The van der Waals surface area contributed by atoms with E-state index < -0.39 is 5.60 Å². The Hall–Kier alpha value is -1.92. The van der Waals surface area contributed by atoms with Crippen LogP contribution in [0.3, 0.4) is 0 Å². The van der Waals surface area contributed by atoms with Gasteiger partial charge in [-0.15, -0.1) is 0 Å². The Balaban J connectivity index is 1.25. The molecule has 0 bridgehead atoms. The predicted octanol–water partition coefficient (Wildman–Crippen LogP) is 3.38. The lowest BCUT2D eigenvalue weighted by Crippen LogP contribution is -2.46. The van der Waals surface area contributed by atoms with Gasteiger partial charge in [0.05, 0.1) is 18.3 Å². The molecule has 0 aromatic heterocycles. The van der Waals surface area contributed by atoms with Crippen molar-refractivity contribution >= 4 is 11.9 Å². The van der Waals surface area contributed by atoms with Gasteiger partial charge in [0.1, 0.15) is 0 Å². The highest BCUT2D eigenvalue weighted by atomic mass is 16.5. The van der Waals surface area contributed by atoms with E-state index >= 15 is 0 Å². The van der Waals surface area contributed by atoms with Crippen molar-refractivity contribution in [3.63, 3.8) is 0 Å². The number of hydrogen-bond donors (Lipinski definition) is 0. The number of benzene rings is 1. The summed E-state index contributed by atoms with van der Waals surface area (Å²) in [5, 5.41) is 0. The molecule has 4 aliphatic rings. The Bertz CT molecular complexity index is 830. The van der Waals surface area contributed by atoms with Gasteiger partial charge in [-0.1, -0.05) is 38.1 Å². The molecule has 1 unspecified atom stereocenters. The van der Waals surface area contributed by atoms with Gasteiger partial charge < -0.3 is 19.1 Å². The van der Waals surface area contributed by atoms with E-state index in [2.05, 4.69) is 48.0 Å². The second kappa shape index (κ2) is 7.10. The molecule has 1 aliphatic carbocycles. The Morgan fingerprint density at radius 3 is 2.79 bits per heavy atom. The molecule has 6 nitrogen and oxygen atoms in total. The van der Waals surface area contributed by atoms with Gasteiger partial charge >= 0.3 is 0 Å². The summed E-state index contributed by atoms with van der Waals surface area (Å²) in [6.07, 6.45) is 4.10. The zero-order chi connectivity index (χ0) is 20.1. The highest BCUT2D eigenvalue weighted by Gasteiger charge is 2.56. The molecule has 29 heavy (non-hydrogen) atoms. The highest BCUT2D eigenvalue weighted by molar-refractivity contribution is 6.01. The topological polar surface area (TPSA) is 60.4 Å². The predicted molar refractivity (Wildman–Crippen MR) is 108 cm³/mol. The van der Waals surface area contributed by atoms with Crippen molar-refractivity contribution in [2.45, 2.75) is 69.9 Å². The van der Waals surface area contributed by atoms with Gasteiger partial charge in [0.2, 0.25) is 0 Å². The number of amidine groups is 1. The lowest BCUT2D eigenvalue weighted by molar-refractivity contribution is -0.131. The first-order valence-electron chi connectivity index (χ1n) is 11.0. The molecule has 6 heteroatoms. The van der Waals surface area contributed by atoms with E-state index in [1.54, 1.807) is 0 Å². The smallest absolute Gasteiger partial charge is 0.296 e. The monoisotopic (exact) mass is 398 g/mol. The minimum atomic E-state index is -0.821. The Kier molecular flexibility index (Phi) is 4.67. The first-order chi connectivity index (χ1) is 14.1. The maximum absolute atomic E-state index is 12.8. The summed E-state index contributed by atoms with van der Waals surface area (Å²) in [5.74, 6) is 0.165. The molecule has 3 atom stereocenters. The number of carbonyl (C=O) groups excluding carboxylic acids is 1. The molecule has 1 aromatic rings. The van der Waals surface area contributed by atoms with Crippen LogP contribution < -0.4 is 0 Å². The molecular formula is C23H30N2O4. The number of piperidine rings is 1. The highest BCUT2D eigenvalue weighted by Crippen LogP contribution is 2.46. The van der Waals surface area contributed by atoms with Crippen molar-refractivity contribution in [1.29, 1.82) is 0 Å². The zero-order valence-electron chi connectivity index (χ0n) is 17.4. The molecule has 1 aromatic carbocycles. The van der Waals surface area contributed by atoms with E-state index in [1.165, 1.54) is 11.1 Å². The molecule has 2 fully saturated rings. The van der Waals surface area contributed by atoms with Crippen molar-refractivity contribution in [1.82, 2.24) is 4.90 Å². The van der Waals surface area contributed by atoms with Gasteiger partial charge in [-0.05, 0) is 36.3 Å². The fourth-order valence-electron chi connectivity index (χ4n) is 5.43. The van der Waals surface area contributed by atoms with E-state index in [0.29, 0.717) is 31.4 Å². The van der Waals surface area contributed by atoms with Gasteiger partial charge in [0.25, 0.3) is 11.9 Å². The first-order valence-corrected chi connectivity index (χ1v) is 11.0. The minimum Gasteiger partial charge on any atom is -0.448 e. The lowest BCUT2D eigenvalue weighted by atomic mass is 9.84. The molecule has 156 valence electrons. The number of aliphatic imine (C=N–C) groups is 1. The Morgan fingerprint density at radius 2 is 2.00 bits per heavy atom. The quantitative estimate of drug-likeness (QED) is 0.781. The lowest BCUT2D eigenvalue weighted by Gasteiger charge is -2.39. The average Bonchev–Trinajstić information content (AvgIpc) is 3.36.